The number of terminal acetylenes is 1. The van der Waals surface area contributed by atoms with Crippen molar-refractivity contribution in [2.24, 2.45) is 5.41 Å². The molecule has 2 aromatic carbocycles. The highest BCUT2D eigenvalue weighted by molar-refractivity contribution is 6.04. The predicted octanol–water partition coefficient (Wildman–Crippen LogP) is 6.24. The van der Waals surface area contributed by atoms with Gasteiger partial charge in [0.15, 0.2) is 5.82 Å². The van der Waals surface area contributed by atoms with Gasteiger partial charge in [0.05, 0.1) is 32.0 Å². The van der Waals surface area contributed by atoms with Gasteiger partial charge in [-0.15, -0.1) is 6.42 Å². The number of rotatable bonds is 8. The molecule has 2 aromatic heterocycles. The number of benzene rings is 2. The molecule has 2 atom stereocenters. The van der Waals surface area contributed by atoms with E-state index in [1.54, 1.807) is 7.11 Å². The van der Waals surface area contributed by atoms with Crippen LogP contribution in [0.2, 0.25) is 0 Å². The zero-order chi connectivity index (χ0) is 35.3. The van der Waals surface area contributed by atoms with Crippen LogP contribution in [0.1, 0.15) is 56.9 Å². The van der Waals surface area contributed by atoms with E-state index in [1.165, 1.54) is 31.4 Å². The maximum absolute atomic E-state index is 17.2. The Balaban J connectivity index is 1.24. The zero-order valence-electron chi connectivity index (χ0n) is 29.1. The standard InChI is InChI=1S/C39H43F2N5O5/c1-4-27-29(40)10-9-23-18-25(47)21-28(31(23)27)34-33(41)35-32(37(42-34)49-3)36(45-13-7-16-50-17-15-45)44-38(43-35)51-22-39-11-5-8-30(39)46(14-6-12-39)24-19-26(20-24)48-2/h1,9-10,18,21,24,26,30,47H,5-8,11-17,19-20,22H2,2-3H3/t24?,26?,30-,39?/m1/s1. The number of anilines is 1. The summed E-state index contributed by atoms with van der Waals surface area (Å²) in [6.45, 7) is 3.70. The van der Waals surface area contributed by atoms with Crippen LogP contribution in [-0.2, 0) is 9.47 Å². The zero-order valence-corrected chi connectivity index (χ0v) is 29.1. The fraction of sp³-hybridized carbons (Fsp3) is 0.513. The molecule has 0 spiro atoms. The summed E-state index contributed by atoms with van der Waals surface area (Å²) in [5.41, 5.74) is -0.248. The Morgan fingerprint density at radius 1 is 1.02 bits per heavy atom. The number of nitrogens with zero attached hydrogens (tertiary/aromatic N) is 5. The van der Waals surface area contributed by atoms with Crippen molar-refractivity contribution >= 4 is 27.5 Å². The van der Waals surface area contributed by atoms with E-state index in [4.69, 9.17) is 35.3 Å². The summed E-state index contributed by atoms with van der Waals surface area (Å²) in [6.07, 6.45) is 14.4. The van der Waals surface area contributed by atoms with E-state index >= 15 is 8.78 Å². The Hall–Kier alpha value is -4.31. The van der Waals surface area contributed by atoms with Gasteiger partial charge in [-0.1, -0.05) is 18.4 Å². The highest BCUT2D eigenvalue weighted by atomic mass is 19.1. The van der Waals surface area contributed by atoms with Gasteiger partial charge in [0, 0.05) is 55.3 Å². The van der Waals surface area contributed by atoms with Crippen LogP contribution < -0.4 is 14.4 Å². The number of halogens is 2. The first kappa shape index (κ1) is 33.8. The number of methoxy groups -OCH3 is 2. The van der Waals surface area contributed by atoms with Crippen LogP contribution in [0.4, 0.5) is 14.6 Å². The molecule has 12 heteroatoms. The monoisotopic (exact) mass is 699 g/mol. The van der Waals surface area contributed by atoms with Crippen LogP contribution in [0.25, 0.3) is 32.9 Å². The van der Waals surface area contributed by atoms with E-state index < -0.39 is 11.6 Å². The average Bonchev–Trinajstić information content (AvgIpc) is 3.37. The lowest BCUT2D eigenvalue weighted by Gasteiger charge is -2.53. The molecule has 0 bridgehead atoms. The molecule has 4 heterocycles. The minimum absolute atomic E-state index is 0.0528. The molecular weight excluding hydrogens is 656 g/mol. The highest BCUT2D eigenvalue weighted by Crippen LogP contribution is 2.50. The number of phenolic OH excluding ortho intramolecular Hbond substituents is 1. The Morgan fingerprint density at radius 2 is 1.86 bits per heavy atom. The van der Waals surface area contributed by atoms with Gasteiger partial charge in [0.2, 0.25) is 5.88 Å². The molecule has 10 nitrogen and oxygen atoms in total. The van der Waals surface area contributed by atoms with Crippen molar-refractivity contribution in [2.75, 3.05) is 58.6 Å². The molecule has 0 amide bonds. The van der Waals surface area contributed by atoms with Crippen LogP contribution in [0.15, 0.2) is 24.3 Å². The molecule has 268 valence electrons. The average molecular weight is 700 g/mol. The number of aromatic nitrogens is 3. The van der Waals surface area contributed by atoms with E-state index in [-0.39, 0.29) is 50.8 Å². The molecule has 2 aliphatic heterocycles. The molecule has 0 radical (unpaired) electrons. The Morgan fingerprint density at radius 3 is 2.67 bits per heavy atom. The van der Waals surface area contributed by atoms with Crippen molar-refractivity contribution < 1.29 is 32.8 Å². The minimum atomic E-state index is -0.789. The first-order valence-corrected chi connectivity index (χ1v) is 18.0. The first-order valence-electron chi connectivity index (χ1n) is 18.0. The number of hydrogen-bond donors (Lipinski definition) is 1. The van der Waals surface area contributed by atoms with Crippen molar-refractivity contribution in [1.82, 2.24) is 19.9 Å². The molecule has 2 saturated carbocycles. The van der Waals surface area contributed by atoms with Gasteiger partial charge in [0.25, 0.3) is 0 Å². The SMILES string of the molecule is C#Cc1c(F)ccc2cc(O)cc(-c3nc(OC)c4c(N5CCCOCC5)nc(OCC56CCC[C@H]5N(C5CC(OC)C5)CCC6)nc4c3F)c12. The van der Waals surface area contributed by atoms with E-state index in [1.807, 2.05) is 4.90 Å². The van der Waals surface area contributed by atoms with Gasteiger partial charge in [-0.25, -0.2) is 13.8 Å². The molecule has 4 aliphatic rings. The van der Waals surface area contributed by atoms with Gasteiger partial charge < -0.3 is 29.0 Å². The summed E-state index contributed by atoms with van der Waals surface area (Å²) in [4.78, 5) is 19.0. The van der Waals surface area contributed by atoms with Crippen LogP contribution in [-0.4, -0.2) is 96.8 Å². The molecule has 4 fully saturated rings. The maximum atomic E-state index is 17.2. The van der Waals surface area contributed by atoms with Crippen LogP contribution in [0.3, 0.4) is 0 Å². The van der Waals surface area contributed by atoms with E-state index in [0.717, 1.165) is 57.9 Å². The third kappa shape index (κ3) is 5.89. The van der Waals surface area contributed by atoms with Crippen LogP contribution >= 0.6 is 0 Å². The molecule has 51 heavy (non-hydrogen) atoms. The number of pyridine rings is 1. The van der Waals surface area contributed by atoms with Crippen LogP contribution in [0, 0.1) is 29.4 Å². The van der Waals surface area contributed by atoms with Crippen molar-refractivity contribution in [2.45, 2.75) is 69.6 Å². The molecule has 2 saturated heterocycles. The van der Waals surface area contributed by atoms with Crippen LogP contribution in [0.5, 0.6) is 17.6 Å². The lowest BCUT2D eigenvalue weighted by atomic mass is 9.73. The third-order valence-corrected chi connectivity index (χ3v) is 11.6. The van der Waals surface area contributed by atoms with E-state index in [2.05, 4.69) is 15.8 Å². The summed E-state index contributed by atoms with van der Waals surface area (Å²) in [6, 6.07) is 6.48. The summed E-state index contributed by atoms with van der Waals surface area (Å²) in [7, 11) is 3.24. The fourth-order valence-electron chi connectivity index (χ4n) is 9.02. The highest BCUT2D eigenvalue weighted by Gasteiger charge is 2.51. The summed E-state index contributed by atoms with van der Waals surface area (Å²) in [5.74, 6) is 1.33. The smallest absolute Gasteiger partial charge is 0.319 e. The Bertz CT molecular complexity index is 2010. The second-order valence-electron chi connectivity index (χ2n) is 14.3. The van der Waals surface area contributed by atoms with Crippen molar-refractivity contribution in [3.05, 3.63) is 41.5 Å². The lowest BCUT2D eigenvalue weighted by molar-refractivity contribution is -0.0845. The van der Waals surface area contributed by atoms with Gasteiger partial charge in [-0.2, -0.15) is 9.97 Å². The molecule has 1 N–H and O–H groups in total. The van der Waals surface area contributed by atoms with E-state index in [9.17, 15) is 5.11 Å². The molecule has 2 aliphatic carbocycles. The van der Waals surface area contributed by atoms with Gasteiger partial charge in [0.1, 0.15) is 34.0 Å². The normalized spacial score (nSPS) is 25.3. The molecular formula is C39H43F2N5O5. The number of ether oxygens (including phenoxy) is 4. The van der Waals surface area contributed by atoms with Crippen molar-refractivity contribution in [1.29, 1.82) is 0 Å². The molecule has 4 aromatic rings. The topological polar surface area (TPSA) is 102 Å². The third-order valence-electron chi connectivity index (χ3n) is 11.6. The van der Waals surface area contributed by atoms with Gasteiger partial charge in [-0.05, 0) is 75.1 Å². The Labute approximate surface area is 296 Å². The number of hydrogen-bond acceptors (Lipinski definition) is 10. The summed E-state index contributed by atoms with van der Waals surface area (Å²) < 4.78 is 55.9. The van der Waals surface area contributed by atoms with Crippen molar-refractivity contribution in [3.8, 4) is 41.2 Å². The first-order chi connectivity index (χ1) is 24.8. The summed E-state index contributed by atoms with van der Waals surface area (Å²) >= 11 is 0. The molecule has 1 unspecified atom stereocenters. The minimum Gasteiger partial charge on any atom is -0.508 e. The Kier molecular flexibility index (Phi) is 9.07. The fourth-order valence-corrected chi connectivity index (χ4v) is 9.02. The van der Waals surface area contributed by atoms with Gasteiger partial charge >= 0.3 is 6.01 Å². The van der Waals surface area contributed by atoms with Crippen molar-refractivity contribution in [3.63, 3.8) is 0 Å². The second-order valence-corrected chi connectivity index (χ2v) is 14.3. The number of piperidine rings is 1. The summed E-state index contributed by atoms with van der Waals surface area (Å²) in [5, 5.41) is 11.7. The number of aromatic hydroxyl groups is 1. The number of fused-ring (bicyclic) bond motifs is 3. The molecule has 8 rings (SSSR count). The quantitative estimate of drug-likeness (QED) is 0.213. The van der Waals surface area contributed by atoms with Gasteiger partial charge in [-0.3, -0.25) is 4.90 Å². The number of phenols is 1. The largest absolute Gasteiger partial charge is 0.508 e. The maximum Gasteiger partial charge on any atom is 0.319 e. The van der Waals surface area contributed by atoms with E-state index in [0.29, 0.717) is 67.7 Å². The lowest BCUT2D eigenvalue weighted by Crippen LogP contribution is -2.59. The number of likely N-dealkylation sites (tertiary alicyclic amines) is 1. The second kappa shape index (κ2) is 13.7. The predicted molar refractivity (Wildman–Crippen MR) is 189 cm³/mol.